The molecule has 3 saturated heterocycles. The van der Waals surface area contributed by atoms with Crippen LogP contribution in [0.15, 0.2) is 47.2 Å². The van der Waals surface area contributed by atoms with E-state index in [1.54, 1.807) is 0 Å². The number of fused-ring (bicyclic) bond motifs is 6. The van der Waals surface area contributed by atoms with Crippen molar-refractivity contribution in [1.29, 1.82) is 0 Å². The molecule has 39 heavy (non-hydrogen) atoms. The zero-order valence-electron chi connectivity index (χ0n) is 25.2. The second-order valence-corrected chi connectivity index (χ2v) is 16.4. The molecule has 0 amide bonds. The molecule has 0 aromatic rings. The maximum atomic E-state index is 3.22. The number of hydrogen-bond acceptors (Lipinski definition) is 2. The predicted molar refractivity (Wildman–Crippen MR) is 163 cm³/mol. The minimum absolute atomic E-state index is 0.215. The van der Waals surface area contributed by atoms with Crippen LogP contribution in [0.3, 0.4) is 0 Å². The summed E-state index contributed by atoms with van der Waals surface area (Å²) in [5.74, 6) is 2.38. The Bertz CT molecular complexity index is 1200. The van der Waals surface area contributed by atoms with Gasteiger partial charge in [0.05, 0.1) is 0 Å². The van der Waals surface area contributed by atoms with Crippen LogP contribution in [0.25, 0.3) is 0 Å². The molecule has 9 aliphatic rings. The summed E-state index contributed by atoms with van der Waals surface area (Å²) in [4.78, 5) is 6.32. The van der Waals surface area contributed by atoms with E-state index in [2.05, 4.69) is 67.9 Å². The number of rotatable bonds is 0. The Balaban J connectivity index is 1.25. The van der Waals surface area contributed by atoms with Crippen LogP contribution in [-0.2, 0) is 0 Å². The second-order valence-electron chi connectivity index (χ2n) is 16.4. The summed E-state index contributed by atoms with van der Waals surface area (Å²) in [5.41, 5.74) is 6.87. The standard InChI is InChI=1S/C36H51BN2/c1-33(2)35(20-7-5-8-21-35)24-14-11-16-26-31(24)38(33)28-18-13-19-29-30(28)37(26)27-17-12-15-25-32(27)39(29)34(3,4)36(25)22-9-6-10-23-36/h11,13-15,18,26-30,32H,5-10,12,16-17,19-23H2,1-4H3. The SMILES string of the molecule is CC1(C)N2C3=C(C=CCC3B3C4CCC=C5C4N(C4CC=CC2C34)C(C)(C)C52CCCCC2)C12CCCCC2. The van der Waals surface area contributed by atoms with Crippen LogP contribution in [0.5, 0.6) is 0 Å². The van der Waals surface area contributed by atoms with Crippen molar-refractivity contribution >= 4 is 6.71 Å². The maximum Gasteiger partial charge on any atom is 0.163 e. The zero-order chi connectivity index (χ0) is 26.4. The molecule has 0 aromatic carbocycles. The molecule has 6 atom stereocenters. The molecule has 9 rings (SSSR count). The third-order valence-corrected chi connectivity index (χ3v) is 15.1. The lowest BCUT2D eigenvalue weighted by molar-refractivity contribution is -0.0321. The van der Waals surface area contributed by atoms with Crippen molar-refractivity contribution < 1.29 is 0 Å². The highest BCUT2D eigenvalue weighted by molar-refractivity contribution is 6.66. The van der Waals surface area contributed by atoms with Gasteiger partial charge in [-0.3, -0.25) is 4.90 Å². The summed E-state index contributed by atoms with van der Waals surface area (Å²) in [6, 6.07) is 2.01. The van der Waals surface area contributed by atoms with Crippen molar-refractivity contribution in [2.75, 3.05) is 0 Å². The van der Waals surface area contributed by atoms with Gasteiger partial charge in [-0.1, -0.05) is 75.3 Å². The topological polar surface area (TPSA) is 6.48 Å². The molecule has 208 valence electrons. The van der Waals surface area contributed by atoms with Gasteiger partial charge in [0, 0.05) is 45.7 Å². The molecular formula is C36H51BN2. The van der Waals surface area contributed by atoms with Crippen LogP contribution in [-0.4, -0.2) is 45.7 Å². The van der Waals surface area contributed by atoms with E-state index in [0.29, 0.717) is 29.0 Å². The summed E-state index contributed by atoms with van der Waals surface area (Å²) in [7, 11) is 0. The van der Waals surface area contributed by atoms with Crippen molar-refractivity contribution in [2.45, 2.75) is 164 Å². The highest BCUT2D eigenvalue weighted by Crippen LogP contribution is 2.73. The van der Waals surface area contributed by atoms with Crippen LogP contribution >= 0.6 is 0 Å². The molecular weight excluding hydrogens is 471 g/mol. The van der Waals surface area contributed by atoms with Gasteiger partial charge in [0.15, 0.2) is 6.71 Å². The normalized spacial score (nSPS) is 43.4. The number of nitrogens with zero attached hydrogens (tertiary/aromatic N) is 2. The predicted octanol–water partition coefficient (Wildman–Crippen LogP) is 8.71. The Hall–Kier alpha value is -1.22. The van der Waals surface area contributed by atoms with E-state index < -0.39 is 0 Å². The van der Waals surface area contributed by atoms with Gasteiger partial charge in [-0.15, -0.1) is 0 Å². The smallest absolute Gasteiger partial charge is 0.163 e. The number of hydrogen-bond donors (Lipinski definition) is 0. The molecule has 0 N–H and O–H groups in total. The van der Waals surface area contributed by atoms with Gasteiger partial charge < -0.3 is 4.90 Å². The van der Waals surface area contributed by atoms with Crippen LogP contribution in [0.2, 0.25) is 17.5 Å². The van der Waals surface area contributed by atoms with E-state index in [1.807, 2.05) is 16.8 Å². The first-order valence-corrected chi connectivity index (χ1v) is 17.2. The van der Waals surface area contributed by atoms with E-state index in [0.717, 1.165) is 24.2 Å². The molecule has 5 aliphatic carbocycles. The Kier molecular flexibility index (Phi) is 4.87. The van der Waals surface area contributed by atoms with E-state index in [1.165, 1.54) is 89.9 Å². The Morgan fingerprint density at radius 1 is 0.821 bits per heavy atom. The quantitative estimate of drug-likeness (QED) is 0.232. The zero-order valence-corrected chi connectivity index (χ0v) is 25.2. The fourth-order valence-corrected chi connectivity index (χ4v) is 13.8. The van der Waals surface area contributed by atoms with Gasteiger partial charge in [0.25, 0.3) is 0 Å². The molecule has 0 bridgehead atoms. The van der Waals surface area contributed by atoms with Gasteiger partial charge in [-0.05, 0) is 101 Å². The molecule has 0 aromatic heterocycles. The van der Waals surface area contributed by atoms with E-state index in [9.17, 15) is 0 Å². The van der Waals surface area contributed by atoms with Crippen LogP contribution < -0.4 is 0 Å². The van der Waals surface area contributed by atoms with Crippen molar-refractivity contribution in [3.05, 3.63) is 47.2 Å². The Labute approximate surface area is 238 Å². The molecule has 5 fully saturated rings. The fourth-order valence-electron chi connectivity index (χ4n) is 13.8. The first-order chi connectivity index (χ1) is 18.9. The van der Waals surface area contributed by atoms with Crippen molar-refractivity contribution in [3.8, 4) is 0 Å². The maximum absolute atomic E-state index is 3.22. The molecule has 6 unspecified atom stereocenters. The second kappa shape index (κ2) is 7.79. The number of allylic oxidation sites excluding steroid dienone is 4. The van der Waals surface area contributed by atoms with Gasteiger partial charge in [-0.25, -0.2) is 0 Å². The summed E-state index contributed by atoms with van der Waals surface area (Å²) in [6.07, 6.45) is 33.2. The van der Waals surface area contributed by atoms with Gasteiger partial charge in [0.1, 0.15) is 0 Å². The van der Waals surface area contributed by atoms with Crippen LogP contribution in [0.4, 0.5) is 0 Å². The monoisotopic (exact) mass is 522 g/mol. The van der Waals surface area contributed by atoms with Crippen LogP contribution in [0.1, 0.15) is 118 Å². The van der Waals surface area contributed by atoms with Crippen molar-refractivity contribution in [3.63, 3.8) is 0 Å². The molecule has 2 saturated carbocycles. The third-order valence-electron chi connectivity index (χ3n) is 15.1. The van der Waals surface area contributed by atoms with Crippen molar-refractivity contribution in [2.24, 2.45) is 10.8 Å². The molecule has 2 spiro atoms. The fraction of sp³-hybridized carbons (Fsp3) is 0.778. The molecule has 4 heterocycles. The molecule has 0 radical (unpaired) electrons. The van der Waals surface area contributed by atoms with Gasteiger partial charge in [-0.2, -0.15) is 0 Å². The van der Waals surface area contributed by atoms with E-state index in [4.69, 9.17) is 0 Å². The lowest BCUT2D eigenvalue weighted by atomic mass is 9.20. The molecule has 3 heteroatoms. The minimum atomic E-state index is 0.215. The van der Waals surface area contributed by atoms with Crippen LogP contribution in [0, 0.1) is 10.8 Å². The third kappa shape index (κ3) is 2.60. The lowest BCUT2D eigenvalue weighted by Crippen LogP contribution is -2.70. The first-order valence-electron chi connectivity index (χ1n) is 17.2. The summed E-state index contributed by atoms with van der Waals surface area (Å²) in [5, 5.41) is 0. The van der Waals surface area contributed by atoms with Gasteiger partial charge >= 0.3 is 0 Å². The lowest BCUT2D eigenvalue weighted by Gasteiger charge is -2.65. The van der Waals surface area contributed by atoms with Crippen molar-refractivity contribution in [1.82, 2.24) is 9.80 Å². The van der Waals surface area contributed by atoms with E-state index >= 15 is 0 Å². The first kappa shape index (κ1) is 24.4. The summed E-state index contributed by atoms with van der Waals surface area (Å²) in [6.45, 7) is 11.6. The largest absolute Gasteiger partial charge is 0.363 e. The Morgan fingerprint density at radius 3 is 2.28 bits per heavy atom. The minimum Gasteiger partial charge on any atom is -0.363 e. The highest BCUT2D eigenvalue weighted by atomic mass is 15.3. The molecule has 4 aliphatic heterocycles. The van der Waals surface area contributed by atoms with Gasteiger partial charge in [0.2, 0.25) is 0 Å². The summed E-state index contributed by atoms with van der Waals surface area (Å²) < 4.78 is 0. The Morgan fingerprint density at radius 2 is 1.54 bits per heavy atom. The molecule has 2 nitrogen and oxygen atoms in total. The average molecular weight is 523 g/mol. The average Bonchev–Trinajstić information content (AvgIpc) is 3.26. The van der Waals surface area contributed by atoms with E-state index in [-0.39, 0.29) is 11.1 Å². The summed E-state index contributed by atoms with van der Waals surface area (Å²) >= 11 is 0. The highest BCUT2D eigenvalue weighted by Gasteiger charge is 2.73.